The van der Waals surface area contributed by atoms with Gasteiger partial charge in [0, 0.05) is 37.9 Å². The van der Waals surface area contributed by atoms with E-state index in [9.17, 15) is 0 Å². The number of para-hydroxylation sites is 5. The summed E-state index contributed by atoms with van der Waals surface area (Å²) in [5.41, 5.74) is 9.85. The highest BCUT2D eigenvalue weighted by Gasteiger charge is 2.24. The Labute approximate surface area is 362 Å². The predicted octanol–water partition coefficient (Wildman–Crippen LogP) is 6.94. The Hall–Kier alpha value is -7.51. The van der Waals surface area contributed by atoms with E-state index in [2.05, 4.69) is 108 Å². The van der Waals surface area contributed by atoms with Gasteiger partial charge in [-0.15, -0.1) is 16.4 Å². The highest BCUT2D eigenvalue weighted by atomic mass is 16.3. The molecule has 62 heavy (non-hydrogen) atoms. The summed E-state index contributed by atoms with van der Waals surface area (Å²) < 4.78 is 11.4. The van der Waals surface area contributed by atoms with E-state index in [0.29, 0.717) is 28.5 Å². The van der Waals surface area contributed by atoms with Crippen molar-refractivity contribution >= 4 is 132 Å². The molecule has 4 heterocycles. The number of furan rings is 1. The van der Waals surface area contributed by atoms with E-state index in [0.717, 1.165) is 71.2 Å². The molecule has 0 N–H and O–H groups in total. The molecule has 8 aromatic carbocycles. The molecule has 12 rings (SSSR count). The minimum atomic E-state index is 0.0972. The summed E-state index contributed by atoms with van der Waals surface area (Å²) in [5.74, 6) is 0.840. The molecule has 0 saturated carbocycles. The fourth-order valence-electron chi connectivity index (χ4n) is 9.12. The third-order valence-corrected chi connectivity index (χ3v) is 12.1. The second kappa shape index (κ2) is 13.8. The summed E-state index contributed by atoms with van der Waals surface area (Å²) in [6.45, 7) is 0. The molecular formula is C51H26B5N5O. The SMILES string of the molecule is [B]c1c([B])c([B])c(-c2nc(-c3cccc4c3oc3c(-n5c6ccccc6c6ccc(-c7ccccc7)cc65)cccc34)nc(-n3c4ccccc4c4ccccc43)n2)c([B])c1[B]. The summed E-state index contributed by atoms with van der Waals surface area (Å²) >= 11 is 0. The van der Waals surface area contributed by atoms with Crippen LogP contribution in [0.2, 0.25) is 0 Å². The lowest BCUT2D eigenvalue weighted by Gasteiger charge is -2.21. The molecule has 0 aliphatic heterocycles. The molecule has 6 nitrogen and oxygen atoms in total. The van der Waals surface area contributed by atoms with Crippen molar-refractivity contribution < 1.29 is 4.42 Å². The van der Waals surface area contributed by atoms with Gasteiger partial charge in [0.25, 0.3) is 0 Å². The van der Waals surface area contributed by atoms with Crippen LogP contribution in [0.15, 0.2) is 162 Å². The van der Waals surface area contributed by atoms with E-state index in [1.165, 1.54) is 0 Å². The molecule has 0 unspecified atom stereocenters. The highest BCUT2D eigenvalue weighted by molar-refractivity contribution is 6.68. The number of nitrogens with zero attached hydrogens (tertiary/aromatic N) is 5. The van der Waals surface area contributed by atoms with Gasteiger partial charge in [-0.1, -0.05) is 132 Å². The fourth-order valence-corrected chi connectivity index (χ4v) is 9.12. The molecule has 10 radical (unpaired) electrons. The monoisotopic (exact) mass is 779 g/mol. The van der Waals surface area contributed by atoms with Crippen LogP contribution in [0, 0.1) is 0 Å². The normalized spacial score (nSPS) is 11.9. The summed E-state index contributed by atoms with van der Waals surface area (Å²) in [6.07, 6.45) is 0. The Morgan fingerprint density at radius 2 is 0.887 bits per heavy atom. The van der Waals surface area contributed by atoms with E-state index in [4.69, 9.17) is 58.6 Å². The molecule has 0 amide bonds. The van der Waals surface area contributed by atoms with E-state index in [-0.39, 0.29) is 38.7 Å². The van der Waals surface area contributed by atoms with Gasteiger partial charge in [0.05, 0.1) is 33.3 Å². The molecule has 11 heteroatoms. The van der Waals surface area contributed by atoms with Crippen LogP contribution in [0.25, 0.3) is 111 Å². The lowest BCUT2D eigenvalue weighted by atomic mass is 9.60. The molecule has 0 fully saturated rings. The topological polar surface area (TPSA) is 61.7 Å². The van der Waals surface area contributed by atoms with Crippen LogP contribution in [0.5, 0.6) is 0 Å². The zero-order chi connectivity index (χ0) is 41.8. The maximum absolute atomic E-state index is 7.09. The van der Waals surface area contributed by atoms with E-state index < -0.39 is 0 Å². The zero-order valence-corrected chi connectivity index (χ0v) is 33.0. The minimum Gasteiger partial charge on any atom is -0.453 e. The average Bonchev–Trinajstić information content (AvgIpc) is 3.98. The van der Waals surface area contributed by atoms with Gasteiger partial charge in [-0.2, -0.15) is 9.97 Å². The first kappa shape index (κ1) is 36.4. The van der Waals surface area contributed by atoms with Crippen molar-refractivity contribution in [3.63, 3.8) is 0 Å². The number of hydrogen-bond acceptors (Lipinski definition) is 4. The fraction of sp³-hybridized carbons (Fsp3) is 0. The smallest absolute Gasteiger partial charge is 0.238 e. The van der Waals surface area contributed by atoms with Crippen LogP contribution in [-0.4, -0.2) is 63.3 Å². The van der Waals surface area contributed by atoms with Crippen molar-refractivity contribution in [2.75, 3.05) is 0 Å². The second-order valence-electron chi connectivity index (χ2n) is 15.5. The molecule has 0 bridgehead atoms. The summed E-state index contributed by atoms with van der Waals surface area (Å²) in [7, 11) is 32.4. The van der Waals surface area contributed by atoms with Crippen LogP contribution < -0.4 is 27.3 Å². The molecule has 0 aliphatic carbocycles. The van der Waals surface area contributed by atoms with Crippen molar-refractivity contribution in [3.8, 4) is 45.5 Å². The van der Waals surface area contributed by atoms with Gasteiger partial charge in [0.1, 0.15) is 44.8 Å². The Kier molecular flexibility index (Phi) is 8.07. The van der Waals surface area contributed by atoms with Crippen LogP contribution in [0.3, 0.4) is 0 Å². The average molecular weight is 779 g/mol. The quantitative estimate of drug-likeness (QED) is 0.178. The maximum Gasteiger partial charge on any atom is 0.238 e. The summed E-state index contributed by atoms with van der Waals surface area (Å²) in [4.78, 5) is 15.3. The van der Waals surface area contributed by atoms with Gasteiger partial charge >= 0.3 is 0 Å². The van der Waals surface area contributed by atoms with Crippen LogP contribution in [0.4, 0.5) is 0 Å². The van der Waals surface area contributed by atoms with Crippen LogP contribution >= 0.6 is 0 Å². The van der Waals surface area contributed by atoms with E-state index in [1.807, 2.05) is 59.2 Å². The van der Waals surface area contributed by atoms with Gasteiger partial charge in [0.2, 0.25) is 5.95 Å². The molecular weight excluding hydrogens is 753 g/mol. The number of benzene rings is 8. The van der Waals surface area contributed by atoms with Crippen molar-refractivity contribution in [1.82, 2.24) is 24.1 Å². The molecule has 0 spiro atoms. The predicted molar refractivity (Wildman–Crippen MR) is 259 cm³/mol. The van der Waals surface area contributed by atoms with Crippen molar-refractivity contribution in [2.45, 2.75) is 0 Å². The van der Waals surface area contributed by atoms with Gasteiger partial charge in [-0.05, 0) is 47.5 Å². The van der Waals surface area contributed by atoms with Gasteiger partial charge < -0.3 is 8.98 Å². The van der Waals surface area contributed by atoms with E-state index in [1.54, 1.807) is 0 Å². The van der Waals surface area contributed by atoms with Crippen LogP contribution in [-0.2, 0) is 0 Å². The lowest BCUT2D eigenvalue weighted by molar-refractivity contribution is 0.667. The molecule has 276 valence electrons. The standard InChI is InChI=1S/C51H26B5N5O/c52-42-41(43(53)45(55)46(56)44(42)54)50-57-49(58-51(59-50)61-37-21-8-5-14-29(37)30-15-6-9-22-38(30)61)35-19-10-17-33-34-18-11-23-39(48(34)62-47(33)35)60-36-20-7-4-16-31(36)32-25-24-28(26-40(32)60)27-12-2-1-3-13-27/h1-26H. The van der Waals surface area contributed by atoms with Gasteiger partial charge in [-0.3, -0.25) is 4.57 Å². The number of fused-ring (bicyclic) bond motifs is 9. The minimum absolute atomic E-state index is 0.0972. The van der Waals surface area contributed by atoms with Crippen molar-refractivity contribution in [3.05, 3.63) is 158 Å². The van der Waals surface area contributed by atoms with Crippen molar-refractivity contribution in [1.29, 1.82) is 0 Å². The summed E-state index contributed by atoms with van der Waals surface area (Å²) in [5, 5.41) is 6.21. The van der Waals surface area contributed by atoms with E-state index >= 15 is 0 Å². The Morgan fingerprint density at radius 1 is 0.371 bits per heavy atom. The molecule has 0 aliphatic rings. The Balaban J connectivity index is 1.14. The molecule has 12 aromatic rings. The Bertz CT molecular complexity index is 3750. The largest absolute Gasteiger partial charge is 0.453 e. The lowest BCUT2D eigenvalue weighted by Crippen LogP contribution is -2.55. The van der Waals surface area contributed by atoms with Gasteiger partial charge in [0.15, 0.2) is 17.2 Å². The van der Waals surface area contributed by atoms with Crippen LogP contribution in [0.1, 0.15) is 0 Å². The third-order valence-electron chi connectivity index (χ3n) is 12.1. The highest BCUT2D eigenvalue weighted by Crippen LogP contribution is 2.41. The maximum atomic E-state index is 7.09. The zero-order valence-electron chi connectivity index (χ0n) is 33.0. The first-order valence-corrected chi connectivity index (χ1v) is 20.2. The summed E-state index contributed by atoms with van der Waals surface area (Å²) in [6, 6.07) is 54.1. The molecule has 0 atom stereocenters. The molecule has 4 aromatic heterocycles. The first-order valence-electron chi connectivity index (χ1n) is 20.2. The molecule has 0 saturated heterocycles. The first-order chi connectivity index (χ1) is 30.4. The second-order valence-corrected chi connectivity index (χ2v) is 15.5. The number of rotatable bonds is 5. The van der Waals surface area contributed by atoms with Crippen molar-refractivity contribution in [2.24, 2.45) is 0 Å². The van der Waals surface area contributed by atoms with Gasteiger partial charge in [-0.25, -0.2) is 4.98 Å². The number of hydrogen-bond donors (Lipinski definition) is 0. The Morgan fingerprint density at radius 3 is 1.55 bits per heavy atom. The third kappa shape index (κ3) is 5.27. The number of aromatic nitrogens is 5.